The molecule has 148 valence electrons. The van der Waals surface area contributed by atoms with Crippen molar-refractivity contribution in [2.45, 2.75) is 19.1 Å². The van der Waals surface area contributed by atoms with E-state index in [1.54, 1.807) is 53.5 Å². The minimum atomic E-state index is -4.71. The summed E-state index contributed by atoms with van der Waals surface area (Å²) in [6.45, 7) is 1.30. The molecule has 0 saturated heterocycles. The van der Waals surface area contributed by atoms with Crippen LogP contribution >= 0.6 is 0 Å². The van der Waals surface area contributed by atoms with Crippen LogP contribution in [0.4, 0.5) is 13.2 Å². The third kappa shape index (κ3) is 3.37. The number of ether oxygens (including phenoxy) is 1. The molecule has 3 aromatic rings. The maximum atomic E-state index is 12.9. The number of aromatic amines is 1. The maximum Gasteiger partial charge on any atom is 0.431 e. The molecule has 0 spiro atoms. The van der Waals surface area contributed by atoms with E-state index in [1.165, 1.54) is 6.92 Å². The van der Waals surface area contributed by atoms with Gasteiger partial charge in [0.15, 0.2) is 0 Å². The number of benzene rings is 2. The minimum absolute atomic E-state index is 0.0628. The molecule has 0 atom stereocenters. The van der Waals surface area contributed by atoms with Crippen molar-refractivity contribution in [3.8, 4) is 11.5 Å². The molecular weight excluding hydrogens is 385 g/mol. The second-order valence-electron chi connectivity index (χ2n) is 6.65. The van der Waals surface area contributed by atoms with Crippen LogP contribution in [-0.2, 0) is 6.18 Å². The molecule has 0 fully saturated rings. The number of para-hydroxylation sites is 2. The molecule has 0 unspecified atom stereocenters. The first-order chi connectivity index (χ1) is 13.8. The number of aryl methyl sites for hydroxylation is 1. The Labute approximate surface area is 163 Å². The van der Waals surface area contributed by atoms with Crippen LogP contribution in [0.5, 0.6) is 11.5 Å². The van der Waals surface area contributed by atoms with Gasteiger partial charge in [0, 0.05) is 11.1 Å². The molecule has 4 rings (SSSR count). The number of carbonyl (C=O) groups is 1. The van der Waals surface area contributed by atoms with E-state index in [1.807, 2.05) is 0 Å². The summed E-state index contributed by atoms with van der Waals surface area (Å²) in [5.41, 5.74) is -1.35. The average Bonchev–Trinajstić information content (AvgIpc) is 2.66. The molecule has 1 amide bonds. The van der Waals surface area contributed by atoms with Crippen molar-refractivity contribution in [3.63, 3.8) is 0 Å². The van der Waals surface area contributed by atoms with Gasteiger partial charge in [0.2, 0.25) is 0 Å². The predicted octanol–water partition coefficient (Wildman–Crippen LogP) is 4.33. The second-order valence-corrected chi connectivity index (χ2v) is 6.65. The molecule has 1 aliphatic rings. The molecule has 1 aromatic heterocycles. The number of halogens is 3. The maximum absolute atomic E-state index is 12.9. The molecule has 2 N–H and O–H groups in total. The van der Waals surface area contributed by atoms with E-state index >= 15 is 0 Å². The molecule has 0 saturated carbocycles. The highest BCUT2D eigenvalue weighted by Gasteiger charge is 2.34. The summed E-state index contributed by atoms with van der Waals surface area (Å²) in [4.78, 5) is 26.9. The molecule has 8 heteroatoms. The van der Waals surface area contributed by atoms with Gasteiger partial charge in [0.05, 0.1) is 6.04 Å². The van der Waals surface area contributed by atoms with Gasteiger partial charge in [-0.25, -0.2) is 0 Å². The first-order valence-corrected chi connectivity index (χ1v) is 8.73. The number of fused-ring (bicyclic) bond motifs is 2. The molecule has 1 aliphatic heterocycles. The average molecular weight is 400 g/mol. The molecule has 0 bridgehead atoms. The van der Waals surface area contributed by atoms with Crippen molar-refractivity contribution in [1.29, 1.82) is 0 Å². The zero-order valence-corrected chi connectivity index (χ0v) is 15.1. The number of carbonyl (C=O) groups excluding carboxylic acids is 1. The lowest BCUT2D eigenvalue weighted by Gasteiger charge is -2.28. The number of nitrogens with one attached hydrogen (secondary N) is 2. The number of hydrogen-bond acceptors (Lipinski definition) is 3. The zero-order valence-electron chi connectivity index (χ0n) is 15.1. The Morgan fingerprint density at radius 1 is 1.03 bits per heavy atom. The fourth-order valence-electron chi connectivity index (χ4n) is 3.39. The Bertz CT molecular complexity index is 1120. The van der Waals surface area contributed by atoms with Crippen LogP contribution in [0.2, 0.25) is 0 Å². The highest BCUT2D eigenvalue weighted by Crippen LogP contribution is 2.42. The SMILES string of the molecule is Cc1cc(C(F)(F)F)[nH]c(=O)c1C(=O)NC1c2ccccc2Oc2ccccc21. The molecule has 0 aliphatic carbocycles. The number of rotatable bonds is 2. The molecule has 5 nitrogen and oxygen atoms in total. The summed E-state index contributed by atoms with van der Waals surface area (Å²) in [5, 5.41) is 2.77. The second kappa shape index (κ2) is 6.80. The Kier molecular flexibility index (Phi) is 4.41. The van der Waals surface area contributed by atoms with Crippen molar-refractivity contribution in [1.82, 2.24) is 10.3 Å². The number of alkyl halides is 3. The largest absolute Gasteiger partial charge is 0.457 e. The first kappa shape index (κ1) is 18.8. The Morgan fingerprint density at radius 3 is 2.10 bits per heavy atom. The van der Waals surface area contributed by atoms with Crippen LogP contribution in [-0.4, -0.2) is 10.9 Å². The number of H-pyrrole nitrogens is 1. The van der Waals surface area contributed by atoms with Crippen LogP contribution in [0.3, 0.4) is 0 Å². The van der Waals surface area contributed by atoms with Crippen molar-refractivity contribution in [2.24, 2.45) is 0 Å². The van der Waals surface area contributed by atoms with Gasteiger partial charge >= 0.3 is 6.18 Å². The van der Waals surface area contributed by atoms with Gasteiger partial charge in [-0.2, -0.15) is 13.2 Å². The lowest BCUT2D eigenvalue weighted by atomic mass is 9.94. The van der Waals surface area contributed by atoms with Gasteiger partial charge < -0.3 is 15.0 Å². The monoisotopic (exact) mass is 400 g/mol. The number of hydrogen-bond donors (Lipinski definition) is 2. The quantitative estimate of drug-likeness (QED) is 0.673. The van der Waals surface area contributed by atoms with Crippen molar-refractivity contribution in [3.05, 3.63) is 92.9 Å². The highest BCUT2D eigenvalue weighted by molar-refractivity contribution is 5.96. The Balaban J connectivity index is 1.74. The topological polar surface area (TPSA) is 71.2 Å². The van der Waals surface area contributed by atoms with E-state index < -0.39 is 29.4 Å². The number of pyridine rings is 1. The fourth-order valence-corrected chi connectivity index (χ4v) is 3.39. The first-order valence-electron chi connectivity index (χ1n) is 8.73. The zero-order chi connectivity index (χ0) is 20.8. The smallest absolute Gasteiger partial charge is 0.431 e. The van der Waals surface area contributed by atoms with Gasteiger partial charge in [0.1, 0.15) is 22.8 Å². The lowest BCUT2D eigenvalue weighted by molar-refractivity contribution is -0.141. The summed E-state index contributed by atoms with van der Waals surface area (Å²) in [6, 6.07) is 14.3. The van der Waals surface area contributed by atoms with E-state index in [0.29, 0.717) is 22.6 Å². The summed E-state index contributed by atoms with van der Waals surface area (Å²) in [7, 11) is 0. The van der Waals surface area contributed by atoms with Crippen LogP contribution in [0, 0.1) is 6.92 Å². The van der Waals surface area contributed by atoms with E-state index in [-0.39, 0.29) is 11.1 Å². The summed E-state index contributed by atoms with van der Waals surface area (Å²) >= 11 is 0. The van der Waals surface area contributed by atoms with Crippen LogP contribution in [0.25, 0.3) is 0 Å². The Morgan fingerprint density at radius 2 is 1.59 bits per heavy atom. The molecule has 29 heavy (non-hydrogen) atoms. The van der Waals surface area contributed by atoms with E-state index in [2.05, 4.69) is 5.32 Å². The van der Waals surface area contributed by atoms with Gasteiger partial charge in [-0.05, 0) is 30.7 Å². The number of amides is 1. The standard InChI is InChI=1S/C21H15F3N2O3/c1-11-10-16(21(22,23)24)25-19(27)17(11)20(28)26-18-12-6-2-4-8-14(12)29-15-9-5-3-7-13(15)18/h2-10,18H,1H3,(H,25,27)(H,26,28). The molecule has 2 heterocycles. The summed E-state index contributed by atoms with van der Waals surface area (Å²) < 4.78 is 44.6. The highest BCUT2D eigenvalue weighted by atomic mass is 19.4. The third-order valence-corrected chi connectivity index (χ3v) is 4.72. The minimum Gasteiger partial charge on any atom is -0.457 e. The summed E-state index contributed by atoms with van der Waals surface area (Å²) in [5.74, 6) is 0.332. The molecule has 0 radical (unpaired) electrons. The van der Waals surface area contributed by atoms with Crippen LogP contribution < -0.4 is 15.6 Å². The Hall–Kier alpha value is -3.55. The van der Waals surface area contributed by atoms with Crippen molar-refractivity contribution < 1.29 is 22.7 Å². The molecule has 2 aromatic carbocycles. The van der Waals surface area contributed by atoms with E-state index in [9.17, 15) is 22.8 Å². The van der Waals surface area contributed by atoms with Gasteiger partial charge in [-0.15, -0.1) is 0 Å². The van der Waals surface area contributed by atoms with Crippen molar-refractivity contribution in [2.75, 3.05) is 0 Å². The van der Waals surface area contributed by atoms with Crippen molar-refractivity contribution >= 4 is 5.91 Å². The van der Waals surface area contributed by atoms with Crippen LogP contribution in [0.15, 0.2) is 59.4 Å². The van der Waals surface area contributed by atoms with E-state index in [4.69, 9.17) is 4.74 Å². The van der Waals surface area contributed by atoms with E-state index in [0.717, 1.165) is 6.07 Å². The van der Waals surface area contributed by atoms with Gasteiger partial charge in [-0.3, -0.25) is 9.59 Å². The molecular formula is C21H15F3N2O3. The lowest BCUT2D eigenvalue weighted by Crippen LogP contribution is -2.36. The normalized spacial score (nSPS) is 13.2. The number of aromatic nitrogens is 1. The third-order valence-electron chi connectivity index (χ3n) is 4.72. The van der Waals surface area contributed by atoms with Gasteiger partial charge in [0.25, 0.3) is 11.5 Å². The predicted molar refractivity (Wildman–Crippen MR) is 99.1 cm³/mol. The fraction of sp³-hybridized carbons (Fsp3) is 0.143. The summed E-state index contributed by atoms with van der Waals surface area (Å²) in [6.07, 6.45) is -4.71. The van der Waals surface area contributed by atoms with Crippen LogP contribution in [0.1, 0.15) is 38.8 Å². The van der Waals surface area contributed by atoms with Gasteiger partial charge in [-0.1, -0.05) is 36.4 Å².